The molecular weight excluding hydrogens is 559 g/mol. The van der Waals surface area contributed by atoms with E-state index >= 15 is 0 Å². The summed E-state index contributed by atoms with van der Waals surface area (Å²) in [5.41, 5.74) is 1.62. The number of aliphatic hydroxyl groups is 4. The Morgan fingerprint density at radius 3 is 2.27 bits per heavy atom. The minimum atomic E-state index is -1.60. The molecule has 0 amide bonds. The molecule has 9 nitrogen and oxygen atoms in total. The quantitative estimate of drug-likeness (QED) is 0.217. The van der Waals surface area contributed by atoms with Gasteiger partial charge in [-0.2, -0.15) is 0 Å². The van der Waals surface area contributed by atoms with Gasteiger partial charge >= 0.3 is 0 Å². The van der Waals surface area contributed by atoms with Gasteiger partial charge in [-0.1, -0.05) is 24.5 Å². The van der Waals surface area contributed by atoms with Crippen LogP contribution in [0, 0.1) is 38.2 Å². The Kier molecular flexibility index (Phi) is 8.46. The van der Waals surface area contributed by atoms with Crippen molar-refractivity contribution in [3.05, 3.63) is 58.6 Å². The molecule has 1 aromatic carbocycles. The molecule has 0 bridgehead atoms. The molecule has 6 atom stereocenters. The van der Waals surface area contributed by atoms with E-state index in [4.69, 9.17) is 4.98 Å². The number of aryl methyl sites for hydroxylation is 3. The van der Waals surface area contributed by atoms with Gasteiger partial charge in [0.2, 0.25) is 0 Å². The van der Waals surface area contributed by atoms with Gasteiger partial charge in [-0.3, -0.25) is 9.97 Å². The van der Waals surface area contributed by atoms with Crippen molar-refractivity contribution in [3.8, 4) is 11.3 Å². The van der Waals surface area contributed by atoms with E-state index < -0.39 is 69.3 Å². The third kappa shape index (κ3) is 5.50. The fourth-order valence-corrected chi connectivity index (χ4v) is 10.1. The highest BCUT2D eigenvalue weighted by atomic mass is 32.2. The van der Waals surface area contributed by atoms with Crippen molar-refractivity contribution in [1.29, 1.82) is 0 Å². The summed E-state index contributed by atoms with van der Waals surface area (Å²) < 4.78 is 42.3. The smallest absolute Gasteiger partial charge is 0.194 e. The van der Waals surface area contributed by atoms with Crippen LogP contribution < -0.4 is 0 Å². The van der Waals surface area contributed by atoms with Crippen molar-refractivity contribution in [3.63, 3.8) is 0 Å². The summed E-state index contributed by atoms with van der Waals surface area (Å²) in [7, 11) is -1.43. The van der Waals surface area contributed by atoms with Gasteiger partial charge in [-0.25, -0.2) is 28.7 Å². The molecule has 2 aromatic heterocycles. The van der Waals surface area contributed by atoms with E-state index in [1.165, 1.54) is 10.9 Å². The largest absolute Gasteiger partial charge is 0.395 e. The molecule has 1 saturated carbocycles. The van der Waals surface area contributed by atoms with Gasteiger partial charge in [-0.15, -0.1) is 5.10 Å². The molecule has 13 heteroatoms. The highest BCUT2D eigenvalue weighted by molar-refractivity contribution is 8.18. The van der Waals surface area contributed by atoms with Gasteiger partial charge in [0.1, 0.15) is 11.7 Å². The minimum absolute atomic E-state index is 0.0195. The number of benzene rings is 1. The SMILES string of the molecule is Cc1nc(C)c([C@H]([SH]2C[C@H](O)[C@H](n3cc(-c4cc(F)c(F)c(F)c4)nn3)[C@@H](O)[C@H]2CO)C2(O)CCCCC2)nc1C. The molecule has 1 aliphatic carbocycles. The van der Waals surface area contributed by atoms with Crippen LogP contribution in [0.2, 0.25) is 0 Å². The Bertz CT molecular complexity index is 1400. The molecule has 5 rings (SSSR count). The van der Waals surface area contributed by atoms with E-state index in [9.17, 15) is 33.6 Å². The molecule has 3 heterocycles. The second-order valence-electron chi connectivity index (χ2n) is 11.3. The van der Waals surface area contributed by atoms with Crippen LogP contribution in [0.1, 0.15) is 66.2 Å². The topological polar surface area (TPSA) is 137 Å². The van der Waals surface area contributed by atoms with Gasteiger partial charge in [0.25, 0.3) is 0 Å². The first-order valence-electron chi connectivity index (χ1n) is 13.8. The van der Waals surface area contributed by atoms with Crippen LogP contribution in [0.3, 0.4) is 0 Å². The van der Waals surface area contributed by atoms with Crippen LogP contribution in [0.15, 0.2) is 18.3 Å². The number of halogens is 3. The molecule has 2 fully saturated rings. The van der Waals surface area contributed by atoms with Crippen LogP contribution in [-0.4, -0.2) is 80.8 Å². The summed E-state index contributed by atoms with van der Waals surface area (Å²) in [4.78, 5) is 9.52. The molecule has 0 spiro atoms. The first-order valence-corrected chi connectivity index (χ1v) is 15.4. The number of rotatable bonds is 6. The maximum absolute atomic E-state index is 13.8. The average Bonchev–Trinajstić information content (AvgIpc) is 3.40. The fourth-order valence-electron chi connectivity index (χ4n) is 6.36. The lowest BCUT2D eigenvalue weighted by molar-refractivity contribution is -0.00805. The van der Waals surface area contributed by atoms with Gasteiger partial charge in [0.05, 0.1) is 58.6 Å². The third-order valence-electron chi connectivity index (χ3n) is 8.58. The zero-order chi connectivity index (χ0) is 29.6. The number of nitrogens with zero attached hydrogens (tertiary/aromatic N) is 5. The van der Waals surface area contributed by atoms with Crippen LogP contribution >= 0.6 is 10.9 Å². The minimum Gasteiger partial charge on any atom is -0.395 e. The zero-order valence-electron chi connectivity index (χ0n) is 23.2. The van der Waals surface area contributed by atoms with Crippen LogP contribution in [-0.2, 0) is 0 Å². The van der Waals surface area contributed by atoms with E-state index in [2.05, 4.69) is 15.3 Å². The Hall–Kier alpha value is -2.58. The van der Waals surface area contributed by atoms with E-state index in [0.29, 0.717) is 24.2 Å². The molecule has 41 heavy (non-hydrogen) atoms. The molecule has 1 aliphatic heterocycles. The number of hydrogen-bond acceptors (Lipinski definition) is 8. The normalized spacial score (nSPS) is 28.0. The van der Waals surface area contributed by atoms with Crippen molar-refractivity contribution in [2.45, 2.75) is 87.2 Å². The first-order chi connectivity index (χ1) is 19.4. The van der Waals surface area contributed by atoms with Crippen molar-refractivity contribution >= 4 is 10.9 Å². The molecule has 224 valence electrons. The second-order valence-corrected chi connectivity index (χ2v) is 13.8. The average molecular weight is 596 g/mol. The van der Waals surface area contributed by atoms with Gasteiger partial charge < -0.3 is 20.4 Å². The first kappa shape index (κ1) is 29.9. The van der Waals surface area contributed by atoms with Crippen LogP contribution in [0.25, 0.3) is 11.3 Å². The van der Waals surface area contributed by atoms with E-state index in [1.54, 1.807) is 0 Å². The summed E-state index contributed by atoms with van der Waals surface area (Å²) in [5.74, 6) is -4.20. The molecular formula is C28H36F3N5O4S. The number of aliphatic hydroxyl groups excluding tert-OH is 3. The summed E-state index contributed by atoms with van der Waals surface area (Å²) in [6.07, 6.45) is 2.61. The summed E-state index contributed by atoms with van der Waals surface area (Å²) >= 11 is 0. The molecule has 0 radical (unpaired) electrons. The third-order valence-corrected chi connectivity index (χ3v) is 12.1. The lowest BCUT2D eigenvalue weighted by Crippen LogP contribution is -2.53. The van der Waals surface area contributed by atoms with Crippen LogP contribution in [0.4, 0.5) is 13.2 Å². The fraction of sp³-hybridized carbons (Fsp3) is 0.571. The van der Waals surface area contributed by atoms with Crippen molar-refractivity contribution < 1.29 is 33.6 Å². The summed E-state index contributed by atoms with van der Waals surface area (Å²) in [6.45, 7) is 5.15. The predicted molar refractivity (Wildman–Crippen MR) is 148 cm³/mol. The highest BCUT2D eigenvalue weighted by Gasteiger charge is 2.52. The maximum Gasteiger partial charge on any atom is 0.194 e. The number of aromatic nitrogens is 5. The standard InChI is InChI=1S/C28H36F3N5O4S/c1-14-15(2)33-24(16(3)32-14)27(28(40)7-5-4-6-8-28)41-13-21(38)25(26(39)22(41)12-37)36-11-20(34-35-36)17-9-18(29)23(31)19(30)10-17/h9-11,21-22,25-27,37-41H,4-8,12-13H2,1-3H3/t21-,22+,25-,26-,27-/m0/s1. The Labute approximate surface area is 238 Å². The lowest BCUT2D eigenvalue weighted by atomic mass is 9.81. The van der Waals surface area contributed by atoms with Crippen molar-refractivity contribution in [1.82, 2.24) is 25.0 Å². The monoisotopic (exact) mass is 595 g/mol. The molecule has 1 saturated heterocycles. The molecule has 1 unspecified atom stereocenters. The number of thiol groups is 1. The van der Waals surface area contributed by atoms with Crippen molar-refractivity contribution in [2.24, 2.45) is 0 Å². The highest BCUT2D eigenvalue weighted by Crippen LogP contribution is 2.60. The van der Waals surface area contributed by atoms with Crippen molar-refractivity contribution in [2.75, 3.05) is 12.4 Å². The molecule has 4 N–H and O–H groups in total. The zero-order valence-corrected chi connectivity index (χ0v) is 24.1. The van der Waals surface area contributed by atoms with E-state index in [-0.39, 0.29) is 17.0 Å². The Balaban J connectivity index is 1.52. The van der Waals surface area contributed by atoms with Gasteiger partial charge in [0, 0.05) is 16.6 Å². The summed E-state index contributed by atoms with van der Waals surface area (Å²) in [5, 5.41) is 52.4. The maximum atomic E-state index is 13.8. The number of hydrogen-bond donors (Lipinski definition) is 5. The van der Waals surface area contributed by atoms with Crippen LogP contribution in [0.5, 0.6) is 0 Å². The predicted octanol–water partition coefficient (Wildman–Crippen LogP) is 3.15. The van der Waals surface area contributed by atoms with Gasteiger partial charge in [-0.05, 0) is 45.7 Å². The molecule has 3 aromatic rings. The Morgan fingerprint density at radius 1 is 1.00 bits per heavy atom. The molecule has 2 aliphatic rings. The van der Waals surface area contributed by atoms with Gasteiger partial charge in [0.15, 0.2) is 17.5 Å². The second kappa shape index (κ2) is 11.6. The Morgan fingerprint density at radius 2 is 1.63 bits per heavy atom. The van der Waals surface area contributed by atoms with E-state index in [1.807, 2.05) is 20.8 Å². The van der Waals surface area contributed by atoms with E-state index in [0.717, 1.165) is 42.8 Å². The summed E-state index contributed by atoms with van der Waals surface area (Å²) in [6, 6.07) is 0.549. The lowest BCUT2D eigenvalue weighted by Gasteiger charge is -2.52.